The van der Waals surface area contributed by atoms with Crippen molar-refractivity contribution in [3.63, 3.8) is 0 Å². The first-order valence-electron chi connectivity index (χ1n) is 6.31. The maximum atomic E-state index is 13.5. The average molecular weight is 542 g/mol. The van der Waals surface area contributed by atoms with Crippen LogP contribution in [0.3, 0.4) is 0 Å². The predicted octanol–water partition coefficient (Wildman–Crippen LogP) is 1.24. The van der Waals surface area contributed by atoms with Crippen LogP contribution in [-0.2, 0) is 0 Å². The second-order valence-electron chi connectivity index (χ2n) is 5.17. The van der Waals surface area contributed by atoms with Gasteiger partial charge in [0.1, 0.15) is 0 Å². The number of aliphatic imine (C=N–C) groups is 1. The van der Waals surface area contributed by atoms with Crippen LogP contribution in [0.25, 0.3) is 0 Å². The van der Waals surface area contributed by atoms with E-state index in [4.69, 9.17) is 0 Å². The fourth-order valence-corrected chi connectivity index (χ4v) is 1.71. The summed E-state index contributed by atoms with van der Waals surface area (Å²) >= 11 is 0. The molecule has 1 unspecified atom stereocenters. The van der Waals surface area contributed by atoms with Crippen molar-refractivity contribution < 1.29 is 85.6 Å². The first-order chi connectivity index (χ1) is 11.3. The molecule has 0 aromatic rings. The Labute approximate surface area is 159 Å². The first kappa shape index (κ1) is 26.2. The van der Waals surface area contributed by atoms with Crippen LogP contribution >= 0.6 is 0 Å². The van der Waals surface area contributed by atoms with Gasteiger partial charge in [-0.2, -0.15) is 43.9 Å². The molecule has 160 valence electrons. The summed E-state index contributed by atoms with van der Waals surface area (Å²) in [7, 11) is 0. The lowest BCUT2D eigenvalue weighted by atomic mass is 9.91. The molecular formula is C11H8F13IN2. The number of hydrogen-bond donors (Lipinski definition) is 0. The number of halogens is 14. The summed E-state index contributed by atoms with van der Waals surface area (Å²) < 4.78 is 171. The molecule has 27 heavy (non-hydrogen) atoms. The van der Waals surface area contributed by atoms with Crippen LogP contribution in [0, 0.1) is 0 Å². The summed E-state index contributed by atoms with van der Waals surface area (Å²) in [4.78, 5) is 2.88. The van der Waals surface area contributed by atoms with Crippen LogP contribution < -0.4 is 24.0 Å². The third kappa shape index (κ3) is 3.38. The van der Waals surface area contributed by atoms with Gasteiger partial charge in [0.2, 0.25) is 6.67 Å². The highest BCUT2D eigenvalue weighted by Gasteiger charge is 2.93. The van der Waals surface area contributed by atoms with Crippen molar-refractivity contribution in [1.82, 2.24) is 0 Å². The topological polar surface area (TPSA) is 15.4 Å². The van der Waals surface area contributed by atoms with Crippen molar-refractivity contribution in [2.75, 3.05) is 6.67 Å². The predicted molar refractivity (Wildman–Crippen MR) is 59.9 cm³/mol. The van der Waals surface area contributed by atoms with E-state index in [9.17, 15) is 57.1 Å². The van der Waals surface area contributed by atoms with Gasteiger partial charge < -0.3 is 24.0 Å². The lowest BCUT2D eigenvalue weighted by Gasteiger charge is -2.40. The summed E-state index contributed by atoms with van der Waals surface area (Å²) in [6, 6.07) is -6.23. The van der Waals surface area contributed by atoms with Crippen LogP contribution in [0.5, 0.6) is 0 Å². The summed E-state index contributed by atoms with van der Waals surface area (Å²) in [5.41, 5.74) is 0. The lowest BCUT2D eigenvalue weighted by molar-refractivity contribution is -0.708. The monoisotopic (exact) mass is 542 g/mol. The number of hydrogen-bond acceptors (Lipinski definition) is 1. The van der Waals surface area contributed by atoms with Gasteiger partial charge in [-0.15, -0.1) is 13.4 Å². The van der Waals surface area contributed by atoms with Gasteiger partial charge in [-0.25, -0.2) is 9.38 Å². The Morgan fingerprint density at radius 2 is 1.19 bits per heavy atom. The number of nitrogens with zero attached hydrogens (tertiary/aromatic N) is 2. The molecule has 0 bridgehead atoms. The van der Waals surface area contributed by atoms with Gasteiger partial charge >= 0.3 is 35.7 Å². The molecule has 1 rings (SSSR count). The smallest absolute Gasteiger partial charge is 0.530 e. The second-order valence-corrected chi connectivity index (χ2v) is 5.17. The Balaban J connectivity index is 0.00000676. The van der Waals surface area contributed by atoms with Crippen LogP contribution in [-0.4, -0.2) is 65.5 Å². The molecular weight excluding hydrogens is 534 g/mol. The summed E-state index contributed by atoms with van der Waals surface area (Å²) in [6.07, 6.45) is -3.86. The normalized spacial score (nSPS) is 18.2. The third-order valence-corrected chi connectivity index (χ3v) is 3.43. The molecule has 0 saturated carbocycles. The highest BCUT2D eigenvalue weighted by molar-refractivity contribution is 6.14. The summed E-state index contributed by atoms with van der Waals surface area (Å²) in [5.74, 6) is -36.8. The van der Waals surface area contributed by atoms with Crippen LogP contribution in [0.1, 0.15) is 6.92 Å². The van der Waals surface area contributed by atoms with Gasteiger partial charge in [0, 0.05) is 0 Å². The fourth-order valence-electron chi connectivity index (χ4n) is 1.71. The Kier molecular flexibility index (Phi) is 6.98. The largest absolute Gasteiger partial charge is 1.00 e. The standard InChI is InChI=1S/C11H8F13N2.HI/c1-5(12)6(13,14)7(15,16)8(17,18)9(19,20)10(21,22)11(23,24)26-3-2-25-4-26;/h2-3,5H,4H2,1H3;1H/q+1;/p-1. The van der Waals surface area contributed by atoms with E-state index < -0.39 is 60.0 Å². The van der Waals surface area contributed by atoms with Crippen molar-refractivity contribution >= 4 is 12.4 Å². The maximum Gasteiger partial charge on any atom is 0.530 e. The number of rotatable bonds is 7. The first-order valence-corrected chi connectivity index (χ1v) is 6.31. The Morgan fingerprint density at radius 3 is 1.52 bits per heavy atom. The molecule has 2 nitrogen and oxygen atoms in total. The lowest BCUT2D eigenvalue weighted by Crippen LogP contribution is -3.00. The SMILES string of the molecule is CC(F)C(F)(F)C(F)(F)C(F)(F)C(F)(F)C(F)(F)C(F)(F)[N+]1=CC=NC1.[I-]. The highest BCUT2D eigenvalue weighted by Crippen LogP contribution is 2.60. The minimum absolute atomic E-state index is 0. The van der Waals surface area contributed by atoms with Gasteiger partial charge in [-0.05, 0) is 6.92 Å². The van der Waals surface area contributed by atoms with Crippen molar-refractivity contribution in [1.29, 1.82) is 0 Å². The quantitative estimate of drug-likeness (QED) is 0.200. The van der Waals surface area contributed by atoms with E-state index in [1.807, 2.05) is 0 Å². The second kappa shape index (κ2) is 7.20. The molecule has 0 saturated heterocycles. The van der Waals surface area contributed by atoms with Crippen molar-refractivity contribution in [2.45, 2.75) is 48.8 Å². The third-order valence-electron chi connectivity index (χ3n) is 3.43. The van der Waals surface area contributed by atoms with Gasteiger partial charge in [-0.3, -0.25) is 0 Å². The van der Waals surface area contributed by atoms with Gasteiger partial charge in [0.05, 0.1) is 6.21 Å². The molecule has 1 heterocycles. The van der Waals surface area contributed by atoms with E-state index in [1.54, 1.807) is 0 Å². The molecule has 0 radical (unpaired) electrons. The highest BCUT2D eigenvalue weighted by atomic mass is 127. The average Bonchev–Trinajstić information content (AvgIpc) is 3.00. The Bertz CT molecular complexity index is 611. The molecule has 0 fully saturated rings. The van der Waals surface area contributed by atoms with Gasteiger partial charge in [0.15, 0.2) is 12.4 Å². The number of alkyl halides is 13. The summed E-state index contributed by atoms with van der Waals surface area (Å²) in [6.45, 7) is -1.87. The minimum atomic E-state index is -7.77. The molecule has 1 aliphatic rings. The Morgan fingerprint density at radius 1 is 0.778 bits per heavy atom. The Hall–Kier alpha value is -0.840. The molecule has 0 aromatic heterocycles. The zero-order valence-corrected chi connectivity index (χ0v) is 14.8. The van der Waals surface area contributed by atoms with E-state index in [0.29, 0.717) is 6.21 Å². The van der Waals surface area contributed by atoms with Gasteiger partial charge in [0.25, 0.3) is 0 Å². The molecule has 0 aromatic carbocycles. The van der Waals surface area contributed by atoms with Crippen LogP contribution in [0.15, 0.2) is 4.99 Å². The molecule has 1 atom stereocenters. The molecule has 16 heteroatoms. The van der Waals surface area contributed by atoms with Crippen molar-refractivity contribution in [3.8, 4) is 0 Å². The fraction of sp³-hybridized carbons (Fsp3) is 0.818. The van der Waals surface area contributed by atoms with Crippen molar-refractivity contribution in [2.24, 2.45) is 4.99 Å². The van der Waals surface area contributed by atoms with E-state index in [1.165, 1.54) is 0 Å². The minimum Gasteiger partial charge on any atom is -1.00 e. The van der Waals surface area contributed by atoms with Crippen LogP contribution in [0.4, 0.5) is 57.1 Å². The molecule has 1 aliphatic heterocycles. The molecule has 0 amide bonds. The van der Waals surface area contributed by atoms with Crippen LogP contribution in [0.2, 0.25) is 0 Å². The van der Waals surface area contributed by atoms with Gasteiger partial charge in [-0.1, -0.05) is 0 Å². The molecule has 0 N–H and O–H groups in total. The zero-order valence-electron chi connectivity index (χ0n) is 12.6. The maximum absolute atomic E-state index is 13.5. The molecule has 0 aliphatic carbocycles. The summed E-state index contributed by atoms with van der Waals surface area (Å²) in [5, 5.41) is 0. The zero-order chi connectivity index (χ0) is 21.0. The van der Waals surface area contributed by atoms with E-state index in [0.717, 1.165) is 0 Å². The molecule has 0 spiro atoms. The van der Waals surface area contributed by atoms with E-state index in [2.05, 4.69) is 4.99 Å². The van der Waals surface area contributed by atoms with Crippen molar-refractivity contribution in [3.05, 3.63) is 0 Å². The van der Waals surface area contributed by atoms with E-state index >= 15 is 0 Å². The van der Waals surface area contributed by atoms with E-state index in [-0.39, 0.29) is 30.2 Å².